The number of piperidine rings is 1. The summed E-state index contributed by atoms with van der Waals surface area (Å²) in [6, 6.07) is 8.63. The molecule has 6 aromatic heterocycles. The third-order valence-corrected chi connectivity index (χ3v) is 7.71. The van der Waals surface area contributed by atoms with Gasteiger partial charge in [0.1, 0.15) is 5.69 Å². The number of nitrogens with zero attached hydrogens (tertiary/aromatic N) is 5. The predicted molar refractivity (Wildman–Crippen MR) is 145 cm³/mol. The second-order valence-electron chi connectivity index (χ2n) is 9.45. The first-order valence-electron chi connectivity index (χ1n) is 12.3. The van der Waals surface area contributed by atoms with E-state index in [1.54, 1.807) is 11.3 Å². The van der Waals surface area contributed by atoms with Crippen LogP contribution in [0.1, 0.15) is 24.8 Å². The van der Waals surface area contributed by atoms with Crippen molar-refractivity contribution in [2.24, 2.45) is 0 Å². The molecule has 1 fully saturated rings. The number of pyridine rings is 3. The van der Waals surface area contributed by atoms with Crippen LogP contribution in [-0.2, 0) is 6.54 Å². The van der Waals surface area contributed by atoms with Crippen LogP contribution in [0.5, 0.6) is 0 Å². The number of hydrogen-bond acceptors (Lipinski definition) is 6. The summed E-state index contributed by atoms with van der Waals surface area (Å²) >= 11 is 1.69. The standard InChI is InChI=1S/C28H25N7S/c1-2-5-35(6-3-1)16-18-8-20(12-29-11-18)24-10-22-27(15-31-24)33-34-28(22)25-9-21-23(19-4-7-36-17-19)13-30-14-26(21)32-25/h4,7-15,17,32H,1-3,5-6,16H2,(H,33,34). The van der Waals surface area contributed by atoms with Gasteiger partial charge in [0.05, 0.1) is 34.8 Å². The average molecular weight is 492 g/mol. The van der Waals surface area contributed by atoms with Crippen LogP contribution in [0.2, 0.25) is 0 Å². The minimum absolute atomic E-state index is 0.874. The van der Waals surface area contributed by atoms with Crippen LogP contribution in [0.3, 0.4) is 0 Å². The van der Waals surface area contributed by atoms with Crippen molar-refractivity contribution >= 4 is 33.1 Å². The summed E-state index contributed by atoms with van der Waals surface area (Å²) in [5, 5.41) is 14.2. The SMILES string of the molecule is c1cc(-c2cncc3[nH]c(-c4n[nH]c5cnc(-c6cncc(CN7CCCCC7)c6)cc45)cc23)cs1. The second-order valence-corrected chi connectivity index (χ2v) is 10.2. The molecule has 0 aromatic carbocycles. The van der Waals surface area contributed by atoms with Crippen molar-refractivity contribution in [1.82, 2.24) is 35.0 Å². The summed E-state index contributed by atoms with van der Waals surface area (Å²) in [5.74, 6) is 0. The van der Waals surface area contributed by atoms with E-state index in [0.717, 1.165) is 56.6 Å². The van der Waals surface area contributed by atoms with E-state index in [4.69, 9.17) is 4.98 Å². The molecule has 0 unspecified atom stereocenters. The zero-order valence-corrected chi connectivity index (χ0v) is 20.6. The lowest BCUT2D eigenvalue weighted by Crippen LogP contribution is -2.29. The molecule has 1 saturated heterocycles. The zero-order valence-electron chi connectivity index (χ0n) is 19.7. The molecule has 0 atom stereocenters. The Hall–Kier alpha value is -3.88. The van der Waals surface area contributed by atoms with Crippen LogP contribution in [0, 0.1) is 0 Å². The lowest BCUT2D eigenvalue weighted by atomic mass is 10.1. The minimum Gasteiger partial charge on any atom is -0.352 e. The fraction of sp³-hybridized carbons (Fsp3) is 0.214. The molecule has 0 saturated carbocycles. The Balaban J connectivity index is 1.26. The highest BCUT2D eigenvalue weighted by Gasteiger charge is 2.16. The monoisotopic (exact) mass is 491 g/mol. The van der Waals surface area contributed by atoms with Gasteiger partial charge in [0.25, 0.3) is 0 Å². The van der Waals surface area contributed by atoms with Gasteiger partial charge < -0.3 is 4.98 Å². The molecular weight excluding hydrogens is 466 g/mol. The van der Waals surface area contributed by atoms with Gasteiger partial charge in [-0.25, -0.2) is 0 Å². The van der Waals surface area contributed by atoms with Crippen molar-refractivity contribution in [1.29, 1.82) is 0 Å². The maximum atomic E-state index is 4.72. The first-order valence-corrected chi connectivity index (χ1v) is 13.3. The molecule has 0 spiro atoms. The Labute approximate surface area is 212 Å². The zero-order chi connectivity index (χ0) is 23.9. The molecule has 2 N–H and O–H groups in total. The van der Waals surface area contributed by atoms with Gasteiger partial charge in [-0.15, -0.1) is 0 Å². The lowest BCUT2D eigenvalue weighted by molar-refractivity contribution is 0.220. The molecule has 1 aliphatic rings. The molecule has 7 nitrogen and oxygen atoms in total. The van der Waals surface area contributed by atoms with Gasteiger partial charge in [-0.05, 0) is 72.1 Å². The van der Waals surface area contributed by atoms with Crippen molar-refractivity contribution < 1.29 is 0 Å². The number of aromatic amines is 2. The summed E-state index contributed by atoms with van der Waals surface area (Å²) in [5.41, 5.74) is 9.18. The highest BCUT2D eigenvalue weighted by molar-refractivity contribution is 7.08. The lowest BCUT2D eigenvalue weighted by Gasteiger charge is -2.26. The first kappa shape index (κ1) is 21.4. The van der Waals surface area contributed by atoms with Gasteiger partial charge in [0, 0.05) is 47.0 Å². The molecular formula is C28H25N7S. The van der Waals surface area contributed by atoms with Crippen molar-refractivity contribution in [3.05, 3.63) is 71.6 Å². The molecule has 0 aliphatic carbocycles. The highest BCUT2D eigenvalue weighted by Crippen LogP contribution is 2.35. The van der Waals surface area contributed by atoms with Crippen LogP contribution in [0.15, 0.2) is 66.0 Å². The van der Waals surface area contributed by atoms with E-state index in [-0.39, 0.29) is 0 Å². The van der Waals surface area contributed by atoms with E-state index in [2.05, 4.69) is 65.1 Å². The highest BCUT2D eigenvalue weighted by atomic mass is 32.1. The minimum atomic E-state index is 0.874. The van der Waals surface area contributed by atoms with Crippen LogP contribution >= 0.6 is 11.3 Å². The number of rotatable bonds is 5. The Bertz CT molecular complexity index is 1660. The van der Waals surface area contributed by atoms with E-state index < -0.39 is 0 Å². The van der Waals surface area contributed by atoms with Crippen LogP contribution in [0.4, 0.5) is 0 Å². The number of thiophene rings is 1. The number of nitrogens with one attached hydrogen (secondary N) is 2. The number of likely N-dealkylation sites (tertiary alicyclic amines) is 1. The molecule has 0 bridgehead atoms. The Morgan fingerprint density at radius 2 is 1.78 bits per heavy atom. The van der Waals surface area contributed by atoms with Gasteiger partial charge in [0.2, 0.25) is 0 Å². The van der Waals surface area contributed by atoms with Crippen molar-refractivity contribution in [2.75, 3.05) is 13.1 Å². The van der Waals surface area contributed by atoms with Crippen molar-refractivity contribution in [3.8, 4) is 33.8 Å². The average Bonchev–Trinajstić information content (AvgIpc) is 3.68. The molecule has 7 rings (SSSR count). The Kier molecular flexibility index (Phi) is 5.33. The number of fused-ring (bicyclic) bond motifs is 2. The van der Waals surface area contributed by atoms with Gasteiger partial charge in [0.15, 0.2) is 0 Å². The fourth-order valence-electron chi connectivity index (χ4n) is 5.20. The maximum Gasteiger partial charge on any atom is 0.116 e. The summed E-state index contributed by atoms with van der Waals surface area (Å²) in [6.07, 6.45) is 13.4. The normalized spacial score (nSPS) is 14.7. The summed E-state index contributed by atoms with van der Waals surface area (Å²) < 4.78 is 0. The van der Waals surface area contributed by atoms with Crippen LogP contribution in [-0.4, -0.2) is 48.1 Å². The fourth-order valence-corrected chi connectivity index (χ4v) is 5.85. The first-order chi connectivity index (χ1) is 17.8. The summed E-state index contributed by atoms with van der Waals surface area (Å²) in [7, 11) is 0. The third kappa shape index (κ3) is 3.88. The predicted octanol–water partition coefficient (Wildman–Crippen LogP) is 6.28. The van der Waals surface area contributed by atoms with E-state index in [0.29, 0.717) is 0 Å². The molecule has 8 heteroatoms. The Morgan fingerprint density at radius 1 is 0.861 bits per heavy atom. The van der Waals surface area contributed by atoms with Crippen LogP contribution < -0.4 is 0 Å². The third-order valence-electron chi connectivity index (χ3n) is 7.03. The van der Waals surface area contributed by atoms with E-state index in [1.807, 2.05) is 31.0 Å². The summed E-state index contributed by atoms with van der Waals surface area (Å²) in [6.45, 7) is 3.28. The number of aromatic nitrogens is 6. The molecule has 7 heterocycles. The van der Waals surface area contributed by atoms with E-state index in [9.17, 15) is 0 Å². The van der Waals surface area contributed by atoms with Gasteiger partial charge >= 0.3 is 0 Å². The van der Waals surface area contributed by atoms with Crippen molar-refractivity contribution in [2.45, 2.75) is 25.8 Å². The number of H-pyrrole nitrogens is 2. The molecule has 0 radical (unpaired) electrons. The van der Waals surface area contributed by atoms with Crippen LogP contribution in [0.25, 0.3) is 55.6 Å². The largest absolute Gasteiger partial charge is 0.352 e. The molecule has 36 heavy (non-hydrogen) atoms. The van der Waals surface area contributed by atoms with E-state index in [1.165, 1.54) is 43.5 Å². The van der Waals surface area contributed by atoms with Gasteiger partial charge in [-0.1, -0.05) is 6.42 Å². The smallest absolute Gasteiger partial charge is 0.116 e. The van der Waals surface area contributed by atoms with Crippen molar-refractivity contribution in [3.63, 3.8) is 0 Å². The van der Waals surface area contributed by atoms with E-state index >= 15 is 0 Å². The maximum absolute atomic E-state index is 4.72. The molecule has 178 valence electrons. The Morgan fingerprint density at radius 3 is 2.67 bits per heavy atom. The quantitative estimate of drug-likeness (QED) is 0.296. The molecule has 1 aliphatic heterocycles. The topological polar surface area (TPSA) is 86.4 Å². The second kappa shape index (κ2) is 8.96. The van der Waals surface area contributed by atoms with Gasteiger partial charge in [-0.3, -0.25) is 25.0 Å². The molecule has 0 amide bonds. The summed E-state index contributed by atoms with van der Waals surface area (Å²) in [4.78, 5) is 19.8. The molecule has 6 aromatic rings. The number of hydrogen-bond donors (Lipinski definition) is 2. The van der Waals surface area contributed by atoms with Gasteiger partial charge in [-0.2, -0.15) is 16.4 Å².